The number of likely N-dealkylation sites (tertiary alicyclic amines) is 1. The van der Waals surface area contributed by atoms with Crippen LogP contribution in [0, 0.1) is 12.8 Å². The Kier molecular flexibility index (Phi) is 2.31. The molecule has 2 N–H and O–H groups in total. The van der Waals surface area contributed by atoms with Crippen molar-refractivity contribution in [2.45, 2.75) is 25.4 Å². The fraction of sp³-hybridized carbons (Fsp3) is 0.438. The van der Waals surface area contributed by atoms with Crippen LogP contribution >= 0.6 is 0 Å². The molecule has 0 spiro atoms. The van der Waals surface area contributed by atoms with Crippen LogP contribution in [0.1, 0.15) is 28.9 Å². The molecule has 1 amide bonds. The molecule has 4 rings (SSSR count). The Morgan fingerprint density at radius 1 is 1.35 bits per heavy atom. The minimum atomic E-state index is -0.615. The third kappa shape index (κ3) is 1.61. The zero-order valence-electron chi connectivity index (χ0n) is 11.5. The van der Waals surface area contributed by atoms with Crippen LogP contribution in [-0.4, -0.2) is 39.6 Å². The number of hydrogen-bond donors (Lipinski definition) is 2. The number of nitrogens with zero attached hydrogens (tertiary/aromatic N) is 1. The van der Waals surface area contributed by atoms with Gasteiger partial charge in [-0.2, -0.15) is 0 Å². The third-order valence-electron chi connectivity index (χ3n) is 4.66. The van der Waals surface area contributed by atoms with Crippen molar-refractivity contribution < 1.29 is 9.90 Å². The molecule has 2 heterocycles. The standard InChI is InChI=1S/C16H18N2O2/c1-10-14(12-4-2-3-5-13(12)17-10)15(19)18-8-16(20,9-18)11-6-7-11/h2-5,11,17,20H,6-9H2,1H3. The van der Waals surface area contributed by atoms with Crippen LogP contribution in [0.4, 0.5) is 0 Å². The van der Waals surface area contributed by atoms with Gasteiger partial charge in [0.1, 0.15) is 5.60 Å². The maximum atomic E-state index is 12.6. The quantitative estimate of drug-likeness (QED) is 0.877. The van der Waals surface area contributed by atoms with E-state index < -0.39 is 5.60 Å². The Labute approximate surface area is 117 Å². The smallest absolute Gasteiger partial charge is 0.256 e. The summed E-state index contributed by atoms with van der Waals surface area (Å²) in [5.74, 6) is 0.445. The van der Waals surface area contributed by atoms with Gasteiger partial charge in [0.15, 0.2) is 0 Å². The van der Waals surface area contributed by atoms with E-state index in [4.69, 9.17) is 0 Å². The van der Waals surface area contributed by atoms with E-state index in [1.54, 1.807) is 4.90 Å². The fourth-order valence-corrected chi connectivity index (χ4v) is 3.35. The van der Waals surface area contributed by atoms with E-state index in [1.807, 2.05) is 31.2 Å². The van der Waals surface area contributed by atoms with Crippen molar-refractivity contribution in [1.29, 1.82) is 0 Å². The summed E-state index contributed by atoms with van der Waals surface area (Å²) in [4.78, 5) is 17.7. The van der Waals surface area contributed by atoms with Gasteiger partial charge in [0.05, 0.1) is 18.7 Å². The number of para-hydroxylation sites is 1. The molecule has 4 heteroatoms. The van der Waals surface area contributed by atoms with Crippen LogP contribution in [0.25, 0.3) is 10.9 Å². The van der Waals surface area contributed by atoms with Gasteiger partial charge in [-0.15, -0.1) is 0 Å². The molecule has 0 radical (unpaired) electrons. The molecule has 1 saturated carbocycles. The Balaban J connectivity index is 1.63. The second-order valence-electron chi connectivity index (χ2n) is 6.21. The number of carbonyl (C=O) groups excluding carboxylic acids is 1. The minimum absolute atomic E-state index is 0.0327. The molecule has 1 aliphatic carbocycles. The summed E-state index contributed by atoms with van der Waals surface area (Å²) < 4.78 is 0. The zero-order chi connectivity index (χ0) is 13.9. The Morgan fingerprint density at radius 3 is 2.75 bits per heavy atom. The molecule has 0 bridgehead atoms. The van der Waals surface area contributed by atoms with Gasteiger partial charge in [-0.05, 0) is 31.7 Å². The molecule has 104 valence electrons. The lowest BCUT2D eigenvalue weighted by Crippen LogP contribution is -2.64. The van der Waals surface area contributed by atoms with Crippen LogP contribution in [0.2, 0.25) is 0 Å². The van der Waals surface area contributed by atoms with Crippen LogP contribution in [0.5, 0.6) is 0 Å². The number of aromatic nitrogens is 1. The molecule has 0 atom stereocenters. The molecule has 20 heavy (non-hydrogen) atoms. The zero-order valence-corrected chi connectivity index (χ0v) is 11.5. The lowest BCUT2D eigenvalue weighted by Gasteiger charge is -2.47. The van der Waals surface area contributed by atoms with Gasteiger partial charge in [0.25, 0.3) is 5.91 Å². The van der Waals surface area contributed by atoms with Gasteiger partial charge in [-0.1, -0.05) is 18.2 Å². The van der Waals surface area contributed by atoms with E-state index in [0.29, 0.717) is 19.0 Å². The molecule has 4 nitrogen and oxygen atoms in total. The molecule has 0 unspecified atom stereocenters. The number of aromatic amines is 1. The predicted molar refractivity (Wildman–Crippen MR) is 76.6 cm³/mol. The molecule has 2 fully saturated rings. The maximum Gasteiger partial charge on any atom is 0.256 e. The number of fused-ring (bicyclic) bond motifs is 1. The number of carbonyl (C=O) groups is 1. The first-order valence-corrected chi connectivity index (χ1v) is 7.17. The average Bonchev–Trinajstić information content (AvgIpc) is 3.17. The summed E-state index contributed by atoms with van der Waals surface area (Å²) in [5.41, 5.74) is 2.03. The van der Waals surface area contributed by atoms with Crippen molar-refractivity contribution in [2.24, 2.45) is 5.92 Å². The summed E-state index contributed by atoms with van der Waals surface area (Å²) in [6.07, 6.45) is 2.20. The Morgan fingerprint density at radius 2 is 2.05 bits per heavy atom. The van der Waals surface area contributed by atoms with Gasteiger partial charge < -0.3 is 15.0 Å². The van der Waals surface area contributed by atoms with E-state index in [-0.39, 0.29) is 5.91 Å². The summed E-state index contributed by atoms with van der Waals surface area (Å²) in [6.45, 7) is 2.89. The second kappa shape index (κ2) is 3.85. The monoisotopic (exact) mass is 270 g/mol. The number of amides is 1. The largest absolute Gasteiger partial charge is 0.386 e. The second-order valence-corrected chi connectivity index (χ2v) is 6.21. The molecule has 1 aromatic heterocycles. The summed E-state index contributed by atoms with van der Waals surface area (Å²) in [6, 6.07) is 7.86. The third-order valence-corrected chi connectivity index (χ3v) is 4.66. The first-order chi connectivity index (χ1) is 9.58. The van der Waals surface area contributed by atoms with Crippen LogP contribution in [0.3, 0.4) is 0 Å². The number of benzene rings is 1. The summed E-state index contributed by atoms with van der Waals surface area (Å²) >= 11 is 0. The normalized spacial score (nSPS) is 21.0. The summed E-state index contributed by atoms with van der Waals surface area (Å²) in [7, 11) is 0. The number of β-amino-alcohol motifs (C(OH)–C–C–N with tert-alkyl or cyclic N) is 1. The van der Waals surface area contributed by atoms with E-state index in [9.17, 15) is 9.90 Å². The number of rotatable bonds is 2. The first kappa shape index (κ1) is 12.0. The number of aliphatic hydroxyl groups is 1. The molecular weight excluding hydrogens is 252 g/mol. The first-order valence-electron chi connectivity index (χ1n) is 7.17. The van der Waals surface area contributed by atoms with Gasteiger partial charge in [0.2, 0.25) is 0 Å². The highest BCUT2D eigenvalue weighted by Crippen LogP contribution is 2.45. The minimum Gasteiger partial charge on any atom is -0.386 e. The molecule has 1 aliphatic heterocycles. The Bertz CT molecular complexity index is 694. The number of nitrogens with one attached hydrogen (secondary N) is 1. The van der Waals surface area contributed by atoms with Crippen LogP contribution < -0.4 is 0 Å². The molecule has 1 aromatic carbocycles. The van der Waals surface area contributed by atoms with Crippen molar-refractivity contribution in [3.05, 3.63) is 35.5 Å². The fourth-order valence-electron chi connectivity index (χ4n) is 3.35. The van der Waals surface area contributed by atoms with E-state index in [2.05, 4.69) is 4.98 Å². The molecule has 2 aromatic rings. The number of H-pyrrole nitrogens is 1. The van der Waals surface area contributed by atoms with Gasteiger partial charge in [0, 0.05) is 16.6 Å². The highest BCUT2D eigenvalue weighted by atomic mass is 16.3. The van der Waals surface area contributed by atoms with Crippen molar-refractivity contribution in [3.8, 4) is 0 Å². The molecule has 1 saturated heterocycles. The van der Waals surface area contributed by atoms with E-state index in [1.165, 1.54) is 0 Å². The van der Waals surface area contributed by atoms with Gasteiger partial charge in [-0.25, -0.2) is 0 Å². The highest BCUT2D eigenvalue weighted by Gasteiger charge is 2.53. The van der Waals surface area contributed by atoms with Crippen molar-refractivity contribution in [2.75, 3.05) is 13.1 Å². The maximum absolute atomic E-state index is 12.6. The van der Waals surface area contributed by atoms with Crippen LogP contribution in [0.15, 0.2) is 24.3 Å². The summed E-state index contributed by atoms with van der Waals surface area (Å²) in [5, 5.41) is 11.3. The van der Waals surface area contributed by atoms with Gasteiger partial charge >= 0.3 is 0 Å². The SMILES string of the molecule is Cc1[nH]c2ccccc2c1C(=O)N1CC(O)(C2CC2)C1. The average molecular weight is 270 g/mol. The van der Waals surface area contributed by atoms with Crippen molar-refractivity contribution in [1.82, 2.24) is 9.88 Å². The van der Waals surface area contributed by atoms with Crippen molar-refractivity contribution >= 4 is 16.8 Å². The predicted octanol–water partition coefficient (Wildman–Crippen LogP) is 2.07. The van der Waals surface area contributed by atoms with Crippen molar-refractivity contribution in [3.63, 3.8) is 0 Å². The lowest BCUT2D eigenvalue weighted by atomic mass is 9.88. The highest BCUT2D eigenvalue weighted by molar-refractivity contribution is 6.08. The Hall–Kier alpha value is -1.81. The van der Waals surface area contributed by atoms with E-state index >= 15 is 0 Å². The topological polar surface area (TPSA) is 56.3 Å². The lowest BCUT2D eigenvalue weighted by molar-refractivity contribution is -0.0957. The van der Waals surface area contributed by atoms with Crippen LogP contribution in [-0.2, 0) is 0 Å². The number of hydrogen-bond acceptors (Lipinski definition) is 2. The molecule has 2 aliphatic rings. The molecular formula is C16H18N2O2. The van der Waals surface area contributed by atoms with E-state index in [0.717, 1.165) is 35.0 Å². The van der Waals surface area contributed by atoms with Gasteiger partial charge in [-0.3, -0.25) is 4.79 Å². The number of aryl methyl sites for hydroxylation is 1.